The molecule has 0 atom stereocenters. The van der Waals surface area contributed by atoms with Crippen molar-refractivity contribution in [3.63, 3.8) is 0 Å². The van der Waals surface area contributed by atoms with Gasteiger partial charge in [0.15, 0.2) is 0 Å². The normalized spacial score (nSPS) is 13.4. The summed E-state index contributed by atoms with van der Waals surface area (Å²) in [6.07, 6.45) is 0. The first-order valence-corrected chi connectivity index (χ1v) is 7.08. The second-order valence-electron chi connectivity index (χ2n) is 4.09. The Labute approximate surface area is 117 Å². The minimum atomic E-state index is -0.487. The number of nitrogens with one attached hydrogen (secondary N) is 2. The fourth-order valence-electron chi connectivity index (χ4n) is 1.83. The number of rotatable bonds is 2. The van der Waals surface area contributed by atoms with Gasteiger partial charge in [0.05, 0.1) is 10.7 Å². The van der Waals surface area contributed by atoms with Crippen LogP contribution in [0.1, 0.15) is 11.3 Å². The van der Waals surface area contributed by atoms with E-state index in [0.717, 1.165) is 17.0 Å². The zero-order chi connectivity index (χ0) is 13.4. The van der Waals surface area contributed by atoms with Crippen molar-refractivity contribution >= 4 is 35.0 Å². The van der Waals surface area contributed by atoms with Crippen molar-refractivity contribution in [2.24, 2.45) is 0 Å². The van der Waals surface area contributed by atoms with Gasteiger partial charge in [-0.25, -0.2) is 9.37 Å². The molecular weight excluding hydrogens is 289 g/mol. The first-order valence-electron chi connectivity index (χ1n) is 5.55. The molecule has 0 unspecified atom stereocenters. The van der Waals surface area contributed by atoms with Crippen LogP contribution in [0.3, 0.4) is 0 Å². The Morgan fingerprint density at radius 2 is 2.26 bits per heavy atom. The second-order valence-corrected chi connectivity index (χ2v) is 5.48. The molecule has 1 aliphatic rings. The summed E-state index contributed by atoms with van der Waals surface area (Å²) in [4.78, 5) is 18.8. The SMILES string of the molecule is O=c1[nH]c(Nc2ccc(F)c(Cl)c2)nc2c1CSC2. The number of aromatic nitrogens is 2. The number of H-pyrrole nitrogens is 1. The van der Waals surface area contributed by atoms with E-state index in [0.29, 0.717) is 17.4 Å². The minimum Gasteiger partial charge on any atom is -0.326 e. The van der Waals surface area contributed by atoms with Gasteiger partial charge in [-0.05, 0) is 18.2 Å². The number of hydrogen-bond donors (Lipinski definition) is 2. The molecule has 2 N–H and O–H groups in total. The maximum absolute atomic E-state index is 13.0. The van der Waals surface area contributed by atoms with Crippen LogP contribution in [0.4, 0.5) is 16.0 Å². The lowest BCUT2D eigenvalue weighted by atomic mass is 10.3. The third kappa shape index (κ3) is 2.46. The van der Waals surface area contributed by atoms with E-state index in [1.54, 1.807) is 11.8 Å². The molecule has 3 rings (SSSR count). The Bertz CT molecular complexity index is 704. The van der Waals surface area contributed by atoms with Crippen molar-refractivity contribution in [2.75, 3.05) is 5.32 Å². The highest BCUT2D eigenvalue weighted by Gasteiger charge is 2.17. The molecule has 1 aromatic heterocycles. The van der Waals surface area contributed by atoms with E-state index >= 15 is 0 Å². The van der Waals surface area contributed by atoms with E-state index in [-0.39, 0.29) is 10.6 Å². The zero-order valence-corrected chi connectivity index (χ0v) is 11.2. The van der Waals surface area contributed by atoms with Crippen molar-refractivity contribution in [3.05, 3.63) is 50.7 Å². The number of halogens is 2. The standard InChI is InChI=1S/C12H9ClFN3OS/c13-8-3-6(1-2-9(8)14)15-12-16-10-5-19-4-7(10)11(18)17-12/h1-3H,4-5H2,(H2,15,16,17,18). The monoisotopic (exact) mass is 297 g/mol. The van der Waals surface area contributed by atoms with Crippen molar-refractivity contribution in [1.29, 1.82) is 0 Å². The van der Waals surface area contributed by atoms with Gasteiger partial charge >= 0.3 is 0 Å². The molecule has 98 valence electrons. The quantitative estimate of drug-likeness (QED) is 0.894. The molecule has 0 spiro atoms. The average Bonchev–Trinajstić information content (AvgIpc) is 2.82. The number of fused-ring (bicyclic) bond motifs is 1. The van der Waals surface area contributed by atoms with Crippen LogP contribution in [0.2, 0.25) is 5.02 Å². The third-order valence-electron chi connectivity index (χ3n) is 2.77. The van der Waals surface area contributed by atoms with Crippen LogP contribution in [0, 0.1) is 5.82 Å². The lowest BCUT2D eigenvalue weighted by Crippen LogP contribution is -2.16. The molecule has 1 aromatic carbocycles. The minimum absolute atomic E-state index is 0.0177. The summed E-state index contributed by atoms with van der Waals surface area (Å²) < 4.78 is 13.0. The van der Waals surface area contributed by atoms with Crippen LogP contribution >= 0.6 is 23.4 Å². The number of hydrogen-bond acceptors (Lipinski definition) is 4. The van der Waals surface area contributed by atoms with Crippen LogP contribution in [0.25, 0.3) is 0 Å². The fourth-order valence-corrected chi connectivity index (χ4v) is 3.05. The van der Waals surface area contributed by atoms with Gasteiger partial charge in [-0.3, -0.25) is 9.78 Å². The number of aromatic amines is 1. The Hall–Kier alpha value is -1.53. The predicted molar refractivity (Wildman–Crippen MR) is 74.5 cm³/mol. The first kappa shape index (κ1) is 12.5. The zero-order valence-electron chi connectivity index (χ0n) is 9.67. The summed E-state index contributed by atoms with van der Waals surface area (Å²) in [5.41, 5.74) is 1.96. The van der Waals surface area contributed by atoms with Crippen LogP contribution < -0.4 is 10.9 Å². The number of nitrogens with zero attached hydrogens (tertiary/aromatic N) is 1. The van der Waals surface area contributed by atoms with Gasteiger partial charge in [0.1, 0.15) is 5.82 Å². The molecule has 0 saturated carbocycles. The van der Waals surface area contributed by atoms with Crippen LogP contribution in [-0.4, -0.2) is 9.97 Å². The third-order valence-corrected chi connectivity index (χ3v) is 4.03. The van der Waals surface area contributed by atoms with Gasteiger partial charge in [-0.15, -0.1) is 0 Å². The van der Waals surface area contributed by atoms with Gasteiger partial charge in [0.25, 0.3) is 5.56 Å². The predicted octanol–water partition coefficient (Wildman–Crippen LogP) is 3.05. The molecule has 4 nitrogen and oxygen atoms in total. The van der Waals surface area contributed by atoms with Crippen molar-refractivity contribution in [3.8, 4) is 0 Å². The highest BCUT2D eigenvalue weighted by atomic mass is 35.5. The largest absolute Gasteiger partial charge is 0.326 e. The fraction of sp³-hybridized carbons (Fsp3) is 0.167. The molecule has 0 amide bonds. The molecule has 2 heterocycles. The highest BCUT2D eigenvalue weighted by molar-refractivity contribution is 7.98. The van der Waals surface area contributed by atoms with Crippen LogP contribution in [0.15, 0.2) is 23.0 Å². The molecule has 7 heteroatoms. The van der Waals surface area contributed by atoms with E-state index in [1.165, 1.54) is 18.2 Å². The maximum atomic E-state index is 13.0. The van der Waals surface area contributed by atoms with Gasteiger partial charge in [0.2, 0.25) is 5.95 Å². The van der Waals surface area contributed by atoms with Crippen molar-refractivity contribution in [2.45, 2.75) is 11.5 Å². The summed E-state index contributed by atoms with van der Waals surface area (Å²) in [7, 11) is 0. The van der Waals surface area contributed by atoms with E-state index in [9.17, 15) is 9.18 Å². The Kier molecular flexibility index (Phi) is 3.20. The lowest BCUT2D eigenvalue weighted by molar-refractivity contribution is 0.628. The van der Waals surface area contributed by atoms with E-state index in [4.69, 9.17) is 11.6 Å². The van der Waals surface area contributed by atoms with Gasteiger partial charge in [-0.1, -0.05) is 11.6 Å². The summed E-state index contributed by atoms with van der Waals surface area (Å²) in [6.45, 7) is 0. The topological polar surface area (TPSA) is 57.8 Å². The summed E-state index contributed by atoms with van der Waals surface area (Å²) in [5, 5.41) is 2.93. The van der Waals surface area contributed by atoms with E-state index in [2.05, 4.69) is 15.3 Å². The maximum Gasteiger partial charge on any atom is 0.256 e. The van der Waals surface area contributed by atoms with E-state index in [1.807, 2.05) is 0 Å². The number of benzene rings is 1. The smallest absolute Gasteiger partial charge is 0.256 e. The molecule has 0 bridgehead atoms. The second kappa shape index (κ2) is 4.86. The summed E-state index contributed by atoms with van der Waals surface area (Å²) in [5.74, 6) is 1.28. The molecule has 2 aromatic rings. The Morgan fingerprint density at radius 1 is 1.42 bits per heavy atom. The van der Waals surface area contributed by atoms with Gasteiger partial charge < -0.3 is 5.32 Å². The highest BCUT2D eigenvalue weighted by Crippen LogP contribution is 2.27. The summed E-state index contributed by atoms with van der Waals surface area (Å²) in [6, 6.07) is 4.23. The van der Waals surface area contributed by atoms with Gasteiger partial charge in [-0.2, -0.15) is 11.8 Å². The molecular formula is C12H9ClFN3OS. The van der Waals surface area contributed by atoms with Crippen LogP contribution in [-0.2, 0) is 11.5 Å². The molecule has 19 heavy (non-hydrogen) atoms. The molecule has 0 aliphatic carbocycles. The molecule has 1 aliphatic heterocycles. The molecule has 0 saturated heterocycles. The summed E-state index contributed by atoms with van der Waals surface area (Å²) >= 11 is 7.35. The molecule has 0 radical (unpaired) electrons. The van der Waals surface area contributed by atoms with Crippen molar-refractivity contribution < 1.29 is 4.39 Å². The Balaban J connectivity index is 1.93. The number of thioether (sulfide) groups is 1. The first-order chi connectivity index (χ1) is 9.13. The van der Waals surface area contributed by atoms with Crippen LogP contribution in [0.5, 0.6) is 0 Å². The average molecular weight is 298 g/mol. The van der Waals surface area contributed by atoms with E-state index < -0.39 is 5.82 Å². The van der Waals surface area contributed by atoms with Gasteiger partial charge in [0, 0.05) is 22.8 Å². The Morgan fingerprint density at radius 3 is 3.05 bits per heavy atom. The lowest BCUT2D eigenvalue weighted by Gasteiger charge is -2.07. The number of anilines is 2. The van der Waals surface area contributed by atoms with Crippen molar-refractivity contribution in [1.82, 2.24) is 9.97 Å². The molecule has 0 fully saturated rings.